The van der Waals surface area contributed by atoms with Crippen LogP contribution in [0.25, 0.3) is 0 Å². The van der Waals surface area contributed by atoms with E-state index in [0.29, 0.717) is 25.4 Å². The first kappa shape index (κ1) is 11.9. The lowest BCUT2D eigenvalue weighted by Gasteiger charge is -2.40. The first-order chi connectivity index (χ1) is 8.70. The van der Waals surface area contributed by atoms with E-state index < -0.39 is 5.79 Å². The van der Waals surface area contributed by atoms with Gasteiger partial charge in [0.2, 0.25) is 0 Å². The van der Waals surface area contributed by atoms with Crippen LogP contribution in [0.1, 0.15) is 18.4 Å². The van der Waals surface area contributed by atoms with E-state index in [1.165, 1.54) is 6.07 Å². The van der Waals surface area contributed by atoms with Crippen molar-refractivity contribution >= 4 is 5.69 Å². The molecular weight excluding hydrogens is 233 g/mol. The number of halogens is 1. The number of piperidine rings is 1. The van der Waals surface area contributed by atoms with Gasteiger partial charge in [-0.15, -0.1) is 0 Å². The van der Waals surface area contributed by atoms with Crippen LogP contribution >= 0.6 is 0 Å². The highest BCUT2D eigenvalue weighted by molar-refractivity contribution is 5.54. The van der Waals surface area contributed by atoms with E-state index in [9.17, 15) is 4.39 Å². The summed E-state index contributed by atoms with van der Waals surface area (Å²) in [5.74, 6) is -0.669. The van der Waals surface area contributed by atoms with E-state index in [-0.39, 0.29) is 5.82 Å². The van der Waals surface area contributed by atoms with Gasteiger partial charge >= 0.3 is 0 Å². The number of benzene rings is 1. The minimum Gasteiger partial charge on any atom is -0.364 e. The quantitative estimate of drug-likeness (QED) is 0.765. The molecule has 0 aliphatic carbocycles. The molecule has 2 aliphatic heterocycles. The van der Waals surface area contributed by atoms with Crippen LogP contribution in [0.4, 0.5) is 10.1 Å². The SMILES string of the molecule is Cc1cccc(F)c1N1CCCC2(C1)OCCO2. The number of nitrogens with zero attached hydrogens (tertiary/aromatic N) is 1. The van der Waals surface area contributed by atoms with Gasteiger partial charge in [0, 0.05) is 13.0 Å². The predicted octanol–water partition coefficient (Wildman–Crippen LogP) is 2.48. The van der Waals surface area contributed by atoms with Gasteiger partial charge in [-0.25, -0.2) is 4.39 Å². The molecule has 3 rings (SSSR count). The van der Waals surface area contributed by atoms with Crippen molar-refractivity contribution in [2.75, 3.05) is 31.2 Å². The molecule has 3 nitrogen and oxygen atoms in total. The molecule has 0 unspecified atom stereocenters. The largest absolute Gasteiger partial charge is 0.364 e. The van der Waals surface area contributed by atoms with Crippen molar-refractivity contribution < 1.29 is 13.9 Å². The molecule has 4 heteroatoms. The number of ether oxygens (including phenoxy) is 2. The van der Waals surface area contributed by atoms with Crippen molar-refractivity contribution in [3.63, 3.8) is 0 Å². The Bertz CT molecular complexity index is 423. The number of rotatable bonds is 1. The zero-order valence-corrected chi connectivity index (χ0v) is 10.6. The summed E-state index contributed by atoms with van der Waals surface area (Å²) in [5, 5.41) is 0. The first-order valence-electron chi connectivity index (χ1n) is 6.48. The normalized spacial score (nSPS) is 22.7. The van der Waals surface area contributed by atoms with Crippen molar-refractivity contribution in [3.05, 3.63) is 29.6 Å². The van der Waals surface area contributed by atoms with Crippen molar-refractivity contribution in [3.8, 4) is 0 Å². The highest BCUT2D eigenvalue weighted by Crippen LogP contribution is 2.34. The minimum atomic E-state index is -0.507. The molecule has 98 valence electrons. The van der Waals surface area contributed by atoms with E-state index in [1.54, 1.807) is 6.07 Å². The number of hydrogen-bond acceptors (Lipinski definition) is 3. The van der Waals surface area contributed by atoms with Crippen molar-refractivity contribution in [2.45, 2.75) is 25.6 Å². The smallest absolute Gasteiger partial charge is 0.186 e. The fourth-order valence-electron chi connectivity index (χ4n) is 2.94. The van der Waals surface area contributed by atoms with Crippen LogP contribution < -0.4 is 4.90 Å². The van der Waals surface area contributed by atoms with Gasteiger partial charge in [-0.2, -0.15) is 0 Å². The second-order valence-corrected chi connectivity index (χ2v) is 5.04. The molecule has 0 saturated carbocycles. The molecule has 0 aromatic heterocycles. The lowest BCUT2D eigenvalue weighted by Crippen LogP contribution is -2.49. The van der Waals surface area contributed by atoms with Crippen LogP contribution in [0.5, 0.6) is 0 Å². The summed E-state index contributed by atoms with van der Waals surface area (Å²) in [6, 6.07) is 5.20. The van der Waals surface area contributed by atoms with Gasteiger partial charge in [0.1, 0.15) is 5.82 Å². The molecule has 0 N–H and O–H groups in total. The van der Waals surface area contributed by atoms with E-state index in [1.807, 2.05) is 13.0 Å². The van der Waals surface area contributed by atoms with Gasteiger partial charge in [-0.05, 0) is 25.0 Å². The summed E-state index contributed by atoms with van der Waals surface area (Å²) in [5.41, 5.74) is 1.65. The van der Waals surface area contributed by atoms with Crippen LogP contribution in [-0.4, -0.2) is 32.1 Å². The third-order valence-corrected chi connectivity index (χ3v) is 3.74. The molecule has 2 fully saturated rings. The lowest BCUT2D eigenvalue weighted by molar-refractivity contribution is -0.161. The Morgan fingerprint density at radius 1 is 1.28 bits per heavy atom. The Hall–Kier alpha value is -1.13. The Labute approximate surface area is 106 Å². The summed E-state index contributed by atoms with van der Waals surface area (Å²) >= 11 is 0. The Kier molecular flexibility index (Phi) is 2.99. The molecule has 0 radical (unpaired) electrons. The van der Waals surface area contributed by atoms with Crippen LogP contribution in [0, 0.1) is 12.7 Å². The van der Waals surface area contributed by atoms with Gasteiger partial charge in [0.05, 0.1) is 25.4 Å². The molecule has 18 heavy (non-hydrogen) atoms. The maximum absolute atomic E-state index is 14.0. The summed E-state index contributed by atoms with van der Waals surface area (Å²) in [6.07, 6.45) is 1.87. The second-order valence-electron chi connectivity index (χ2n) is 5.04. The molecule has 1 aromatic rings. The predicted molar refractivity (Wildman–Crippen MR) is 67.2 cm³/mol. The lowest BCUT2D eigenvalue weighted by atomic mass is 10.0. The Morgan fingerprint density at radius 3 is 2.78 bits per heavy atom. The molecule has 1 aromatic carbocycles. The van der Waals surface area contributed by atoms with Crippen molar-refractivity contribution in [2.24, 2.45) is 0 Å². The van der Waals surface area contributed by atoms with Crippen LogP contribution in [0.15, 0.2) is 18.2 Å². The highest BCUT2D eigenvalue weighted by atomic mass is 19.1. The second kappa shape index (κ2) is 4.52. The van der Waals surface area contributed by atoms with Crippen LogP contribution in [0.3, 0.4) is 0 Å². The molecule has 0 bridgehead atoms. The Morgan fingerprint density at radius 2 is 2.06 bits per heavy atom. The highest BCUT2D eigenvalue weighted by Gasteiger charge is 2.41. The van der Waals surface area contributed by atoms with E-state index in [2.05, 4.69) is 4.90 Å². The minimum absolute atomic E-state index is 0.162. The zero-order valence-electron chi connectivity index (χ0n) is 10.6. The summed E-state index contributed by atoms with van der Waals surface area (Å²) in [7, 11) is 0. The number of aryl methyl sites for hydroxylation is 1. The van der Waals surface area contributed by atoms with Gasteiger partial charge < -0.3 is 14.4 Å². The fraction of sp³-hybridized carbons (Fsp3) is 0.571. The van der Waals surface area contributed by atoms with Gasteiger partial charge in [-0.3, -0.25) is 0 Å². The Balaban J connectivity index is 1.88. The first-order valence-corrected chi connectivity index (χ1v) is 6.48. The standard InChI is InChI=1S/C14H18FNO2/c1-11-4-2-5-12(15)13(11)16-7-3-6-14(10-16)17-8-9-18-14/h2,4-5H,3,6-10H2,1H3. The summed E-state index contributed by atoms with van der Waals surface area (Å²) in [6.45, 7) is 4.70. The van der Waals surface area contributed by atoms with Crippen molar-refractivity contribution in [1.82, 2.24) is 0 Å². The molecule has 2 saturated heterocycles. The van der Waals surface area contributed by atoms with E-state index >= 15 is 0 Å². The van der Waals surface area contributed by atoms with Crippen LogP contribution in [-0.2, 0) is 9.47 Å². The third kappa shape index (κ3) is 1.99. The molecule has 2 heterocycles. The topological polar surface area (TPSA) is 21.7 Å². The summed E-state index contributed by atoms with van der Waals surface area (Å²) in [4.78, 5) is 2.06. The monoisotopic (exact) mass is 251 g/mol. The number of hydrogen-bond donors (Lipinski definition) is 0. The number of anilines is 1. The maximum atomic E-state index is 14.0. The molecule has 1 spiro atoms. The van der Waals surface area contributed by atoms with Crippen molar-refractivity contribution in [1.29, 1.82) is 0 Å². The zero-order chi connectivity index (χ0) is 12.6. The van der Waals surface area contributed by atoms with Gasteiger partial charge in [0.15, 0.2) is 5.79 Å². The number of para-hydroxylation sites is 1. The maximum Gasteiger partial charge on any atom is 0.186 e. The fourth-order valence-corrected chi connectivity index (χ4v) is 2.94. The third-order valence-electron chi connectivity index (χ3n) is 3.74. The average Bonchev–Trinajstić information content (AvgIpc) is 2.77. The van der Waals surface area contributed by atoms with E-state index in [4.69, 9.17) is 9.47 Å². The van der Waals surface area contributed by atoms with Crippen LogP contribution in [0.2, 0.25) is 0 Å². The van der Waals surface area contributed by atoms with E-state index in [0.717, 1.165) is 24.9 Å². The molecule has 0 amide bonds. The van der Waals surface area contributed by atoms with Gasteiger partial charge in [-0.1, -0.05) is 12.1 Å². The average molecular weight is 251 g/mol. The molecule has 0 atom stereocenters. The molecule has 2 aliphatic rings. The van der Waals surface area contributed by atoms with Gasteiger partial charge in [0.25, 0.3) is 0 Å². The summed E-state index contributed by atoms with van der Waals surface area (Å²) < 4.78 is 25.4. The molecular formula is C14H18FNO2.